The van der Waals surface area contributed by atoms with E-state index in [-0.39, 0.29) is 12.3 Å². The Morgan fingerprint density at radius 3 is 2.42 bits per heavy atom. The molecule has 0 aromatic carbocycles. The van der Waals surface area contributed by atoms with Crippen LogP contribution in [-0.2, 0) is 20.7 Å². The third kappa shape index (κ3) is 5.99. The van der Waals surface area contributed by atoms with E-state index in [0.29, 0.717) is 0 Å². The number of rotatable bonds is 4. The van der Waals surface area contributed by atoms with Crippen molar-refractivity contribution in [3.8, 4) is 0 Å². The first-order valence-corrected chi connectivity index (χ1v) is 6.19. The van der Waals surface area contributed by atoms with E-state index in [1.807, 2.05) is 0 Å². The molecule has 0 aliphatic carbocycles. The molecule has 1 aromatic rings. The van der Waals surface area contributed by atoms with Crippen LogP contribution in [0.15, 0.2) is 24.5 Å². The molecule has 5 nitrogen and oxygen atoms in total. The fourth-order valence-corrected chi connectivity index (χ4v) is 1.43. The van der Waals surface area contributed by atoms with E-state index >= 15 is 0 Å². The number of esters is 1. The van der Waals surface area contributed by atoms with E-state index < -0.39 is 17.6 Å². The van der Waals surface area contributed by atoms with Gasteiger partial charge >= 0.3 is 5.97 Å². The molecule has 1 N–H and O–H groups in total. The Labute approximate surface area is 113 Å². The Kier molecular flexibility index (Phi) is 5.03. The van der Waals surface area contributed by atoms with Crippen molar-refractivity contribution < 1.29 is 14.3 Å². The lowest BCUT2D eigenvalue weighted by atomic mass is 10.1. The molecule has 104 valence electrons. The summed E-state index contributed by atoms with van der Waals surface area (Å²) >= 11 is 0. The monoisotopic (exact) mass is 264 g/mol. The van der Waals surface area contributed by atoms with Crippen molar-refractivity contribution in [2.45, 2.75) is 45.8 Å². The molecule has 1 rings (SSSR count). The summed E-state index contributed by atoms with van der Waals surface area (Å²) in [7, 11) is 0. The van der Waals surface area contributed by atoms with E-state index in [9.17, 15) is 9.59 Å². The Morgan fingerprint density at radius 2 is 1.89 bits per heavy atom. The number of nitrogens with one attached hydrogen (secondary N) is 1. The summed E-state index contributed by atoms with van der Waals surface area (Å²) < 4.78 is 5.19. The molecular weight excluding hydrogens is 244 g/mol. The van der Waals surface area contributed by atoms with E-state index in [2.05, 4.69) is 10.3 Å². The van der Waals surface area contributed by atoms with Crippen molar-refractivity contribution in [2.24, 2.45) is 0 Å². The van der Waals surface area contributed by atoms with Crippen LogP contribution in [0.2, 0.25) is 0 Å². The minimum atomic E-state index is -0.659. The van der Waals surface area contributed by atoms with Crippen LogP contribution in [0.3, 0.4) is 0 Å². The highest BCUT2D eigenvalue weighted by Gasteiger charge is 2.22. The molecule has 5 heteroatoms. The van der Waals surface area contributed by atoms with Gasteiger partial charge in [-0.3, -0.25) is 9.78 Å². The van der Waals surface area contributed by atoms with Gasteiger partial charge in [-0.2, -0.15) is 0 Å². The average Bonchev–Trinajstić information content (AvgIpc) is 2.27. The van der Waals surface area contributed by atoms with E-state index in [1.165, 1.54) is 0 Å². The van der Waals surface area contributed by atoms with E-state index in [4.69, 9.17) is 4.74 Å². The summed E-state index contributed by atoms with van der Waals surface area (Å²) in [5.41, 5.74) is 0.296. The van der Waals surface area contributed by atoms with Gasteiger partial charge < -0.3 is 10.1 Å². The highest BCUT2D eigenvalue weighted by Crippen LogP contribution is 2.08. The first-order valence-electron chi connectivity index (χ1n) is 6.19. The summed E-state index contributed by atoms with van der Waals surface area (Å²) in [4.78, 5) is 27.3. The van der Waals surface area contributed by atoms with Crippen LogP contribution in [0.5, 0.6) is 0 Å². The predicted molar refractivity (Wildman–Crippen MR) is 71.4 cm³/mol. The number of amides is 1. The molecule has 1 amide bonds. The number of hydrogen-bond acceptors (Lipinski definition) is 4. The Bertz CT molecular complexity index is 438. The van der Waals surface area contributed by atoms with Gasteiger partial charge in [0.2, 0.25) is 5.91 Å². The second kappa shape index (κ2) is 6.31. The molecule has 0 aliphatic heterocycles. The normalized spacial score (nSPS) is 12.6. The highest BCUT2D eigenvalue weighted by molar-refractivity contribution is 5.85. The summed E-state index contributed by atoms with van der Waals surface area (Å²) in [5.74, 6) is -0.653. The van der Waals surface area contributed by atoms with Gasteiger partial charge in [-0.1, -0.05) is 0 Å². The van der Waals surface area contributed by atoms with Gasteiger partial charge in [0.25, 0.3) is 0 Å². The number of aromatic nitrogens is 1. The minimum Gasteiger partial charge on any atom is -0.458 e. The summed E-state index contributed by atoms with van der Waals surface area (Å²) in [6.45, 7) is 6.97. The molecule has 0 saturated heterocycles. The van der Waals surface area contributed by atoms with Crippen molar-refractivity contribution in [3.63, 3.8) is 0 Å². The molecule has 0 unspecified atom stereocenters. The van der Waals surface area contributed by atoms with Crippen LogP contribution in [0.1, 0.15) is 33.3 Å². The van der Waals surface area contributed by atoms with Crippen LogP contribution in [-0.4, -0.2) is 28.5 Å². The Hall–Kier alpha value is -1.91. The summed E-state index contributed by atoms with van der Waals surface area (Å²) in [6.07, 6.45) is 3.47. The smallest absolute Gasteiger partial charge is 0.328 e. The van der Waals surface area contributed by atoms with Crippen molar-refractivity contribution in [3.05, 3.63) is 30.1 Å². The van der Waals surface area contributed by atoms with Gasteiger partial charge in [0.05, 0.1) is 6.42 Å². The second-order valence-corrected chi connectivity index (χ2v) is 5.35. The molecule has 19 heavy (non-hydrogen) atoms. The van der Waals surface area contributed by atoms with Crippen LogP contribution in [0.25, 0.3) is 0 Å². The zero-order chi connectivity index (χ0) is 14.5. The van der Waals surface area contributed by atoms with Gasteiger partial charge in [-0.05, 0) is 45.4 Å². The Balaban J connectivity index is 2.46. The van der Waals surface area contributed by atoms with Crippen molar-refractivity contribution >= 4 is 11.9 Å². The van der Waals surface area contributed by atoms with Gasteiger partial charge in [-0.15, -0.1) is 0 Å². The molecule has 0 aliphatic rings. The summed E-state index contributed by atoms with van der Waals surface area (Å²) in [5, 5.41) is 2.62. The molecule has 1 aromatic heterocycles. The topological polar surface area (TPSA) is 68.3 Å². The van der Waals surface area contributed by atoms with Gasteiger partial charge in [-0.25, -0.2) is 4.79 Å². The van der Waals surface area contributed by atoms with Crippen LogP contribution in [0, 0.1) is 0 Å². The lowest BCUT2D eigenvalue weighted by Crippen LogP contribution is -2.42. The standard InChI is InChI=1S/C14H20N2O3/c1-10(13(18)19-14(2,3)4)16-12(17)9-11-5-7-15-8-6-11/h5-8,10H,9H2,1-4H3,(H,16,17)/t10-/m1/s1. The van der Waals surface area contributed by atoms with Gasteiger partial charge in [0.15, 0.2) is 0 Å². The molecular formula is C14H20N2O3. The van der Waals surface area contributed by atoms with E-state index in [1.54, 1.807) is 52.2 Å². The van der Waals surface area contributed by atoms with Crippen LogP contribution in [0.4, 0.5) is 0 Å². The SMILES string of the molecule is C[C@@H](NC(=O)Cc1ccncc1)C(=O)OC(C)(C)C. The van der Waals surface area contributed by atoms with Crippen molar-refractivity contribution in [1.29, 1.82) is 0 Å². The zero-order valence-electron chi connectivity index (χ0n) is 11.8. The predicted octanol–water partition coefficient (Wildman–Crippen LogP) is 1.47. The first kappa shape index (κ1) is 15.1. The van der Waals surface area contributed by atoms with Gasteiger partial charge in [0, 0.05) is 12.4 Å². The van der Waals surface area contributed by atoms with Crippen molar-refractivity contribution in [2.75, 3.05) is 0 Å². The van der Waals surface area contributed by atoms with Gasteiger partial charge in [0.1, 0.15) is 11.6 Å². The third-order valence-corrected chi connectivity index (χ3v) is 2.25. The molecule has 0 fully saturated rings. The minimum absolute atomic E-state index is 0.218. The fourth-order valence-electron chi connectivity index (χ4n) is 1.43. The highest BCUT2D eigenvalue weighted by atomic mass is 16.6. The van der Waals surface area contributed by atoms with Crippen LogP contribution < -0.4 is 5.32 Å². The largest absolute Gasteiger partial charge is 0.458 e. The molecule has 0 spiro atoms. The lowest BCUT2D eigenvalue weighted by molar-refractivity contribution is -0.158. The number of carbonyl (C=O) groups excluding carboxylic acids is 2. The maximum atomic E-state index is 11.8. The fraction of sp³-hybridized carbons (Fsp3) is 0.500. The first-order chi connectivity index (χ1) is 8.78. The number of nitrogens with zero attached hydrogens (tertiary/aromatic N) is 1. The Morgan fingerprint density at radius 1 is 1.32 bits per heavy atom. The van der Waals surface area contributed by atoms with E-state index in [0.717, 1.165) is 5.56 Å². The zero-order valence-corrected chi connectivity index (χ0v) is 11.8. The third-order valence-electron chi connectivity index (χ3n) is 2.25. The number of pyridine rings is 1. The lowest BCUT2D eigenvalue weighted by Gasteiger charge is -2.22. The molecule has 0 bridgehead atoms. The summed E-state index contributed by atoms with van der Waals surface area (Å²) in [6, 6.07) is 2.86. The number of ether oxygens (including phenoxy) is 1. The average molecular weight is 264 g/mol. The second-order valence-electron chi connectivity index (χ2n) is 5.35. The quantitative estimate of drug-likeness (QED) is 0.836. The number of hydrogen-bond donors (Lipinski definition) is 1. The number of carbonyl (C=O) groups is 2. The van der Waals surface area contributed by atoms with Crippen LogP contribution >= 0.6 is 0 Å². The van der Waals surface area contributed by atoms with Crippen molar-refractivity contribution in [1.82, 2.24) is 10.3 Å². The maximum Gasteiger partial charge on any atom is 0.328 e. The molecule has 0 radical (unpaired) electrons. The molecule has 1 heterocycles. The molecule has 0 saturated carbocycles. The molecule has 1 atom stereocenters. The maximum absolute atomic E-state index is 11.8.